The number of nitrogens with zero attached hydrogens (tertiary/aromatic N) is 1. The van der Waals surface area contributed by atoms with Crippen LogP contribution in [-0.4, -0.2) is 6.08 Å². The van der Waals surface area contributed by atoms with Gasteiger partial charge in [-0.25, -0.2) is 4.79 Å². The summed E-state index contributed by atoms with van der Waals surface area (Å²) >= 11 is 8.89. The Kier molecular flexibility index (Phi) is 2.83. The normalized spacial score (nSPS) is 8.91. The summed E-state index contributed by atoms with van der Waals surface area (Å²) in [6.07, 6.45) is 1.44. The third-order valence-electron chi connectivity index (χ3n) is 1.10. The monoisotopic (exact) mass is 231 g/mol. The van der Waals surface area contributed by atoms with Gasteiger partial charge in [0, 0.05) is 0 Å². The van der Waals surface area contributed by atoms with Crippen LogP contribution in [0.2, 0.25) is 5.02 Å². The molecule has 0 radical (unpaired) electrons. The molecule has 0 aromatic heterocycles. The minimum Gasteiger partial charge on any atom is -0.211 e. The molecule has 1 aromatic carbocycles. The summed E-state index contributed by atoms with van der Waals surface area (Å²) < 4.78 is 0.616. The van der Waals surface area contributed by atoms with E-state index in [0.29, 0.717) is 15.2 Å². The second-order valence-electron chi connectivity index (χ2n) is 1.78. The lowest BCUT2D eigenvalue weighted by Gasteiger charge is -1.96. The van der Waals surface area contributed by atoms with Crippen molar-refractivity contribution in [3.8, 4) is 0 Å². The average Bonchev–Trinajstić information content (AvgIpc) is 1.99. The molecule has 4 heteroatoms. The number of isocyanates is 1. The highest BCUT2D eigenvalue weighted by Crippen LogP contribution is 2.31. The summed E-state index contributed by atoms with van der Waals surface area (Å²) in [5, 5.41) is 0.529. The van der Waals surface area contributed by atoms with Crippen LogP contribution in [0.25, 0.3) is 0 Å². The smallest absolute Gasteiger partial charge is 0.211 e. The van der Waals surface area contributed by atoms with Gasteiger partial charge in [-0.15, -0.1) is 0 Å². The van der Waals surface area contributed by atoms with Crippen molar-refractivity contribution in [3.63, 3.8) is 0 Å². The first-order chi connectivity index (χ1) is 5.25. The van der Waals surface area contributed by atoms with Gasteiger partial charge in [0.25, 0.3) is 0 Å². The summed E-state index contributed by atoms with van der Waals surface area (Å²) in [7, 11) is 0. The maximum atomic E-state index is 9.88. The van der Waals surface area contributed by atoms with Crippen LogP contribution < -0.4 is 0 Å². The molecule has 1 aromatic rings. The number of benzene rings is 1. The van der Waals surface area contributed by atoms with Crippen molar-refractivity contribution in [1.82, 2.24) is 0 Å². The van der Waals surface area contributed by atoms with Crippen molar-refractivity contribution in [1.29, 1.82) is 0 Å². The fourth-order valence-electron chi connectivity index (χ4n) is 0.628. The van der Waals surface area contributed by atoms with Gasteiger partial charge in [0.2, 0.25) is 6.08 Å². The number of rotatable bonds is 1. The molecule has 2 nitrogen and oxygen atoms in total. The molecule has 0 atom stereocenters. The Labute approximate surface area is 77.0 Å². The SMILES string of the molecule is O=C=Nc1cccc(Cl)c1Br. The third kappa shape index (κ3) is 1.90. The molecule has 1 rings (SSSR count). The van der Waals surface area contributed by atoms with Crippen molar-refractivity contribution >= 4 is 39.3 Å². The molecular formula is C7H3BrClNO. The third-order valence-corrected chi connectivity index (χ3v) is 2.47. The average molecular weight is 232 g/mol. The van der Waals surface area contributed by atoms with Gasteiger partial charge >= 0.3 is 0 Å². The lowest BCUT2D eigenvalue weighted by Crippen LogP contribution is -1.69. The first kappa shape index (κ1) is 8.47. The molecule has 0 spiro atoms. The first-order valence-electron chi connectivity index (χ1n) is 2.77. The molecular weight excluding hydrogens is 229 g/mol. The van der Waals surface area contributed by atoms with Gasteiger partial charge in [0.05, 0.1) is 15.2 Å². The molecule has 0 aliphatic carbocycles. The second-order valence-corrected chi connectivity index (χ2v) is 2.98. The Bertz CT molecular complexity index is 320. The highest BCUT2D eigenvalue weighted by Gasteiger charge is 2.00. The first-order valence-corrected chi connectivity index (χ1v) is 3.94. The van der Waals surface area contributed by atoms with Crippen molar-refractivity contribution in [2.45, 2.75) is 0 Å². The van der Waals surface area contributed by atoms with Gasteiger partial charge in [0.1, 0.15) is 0 Å². The number of aliphatic imine (C=N–C) groups is 1. The lowest BCUT2D eigenvalue weighted by atomic mass is 10.3. The molecule has 0 aliphatic heterocycles. The van der Waals surface area contributed by atoms with Crippen LogP contribution in [0.3, 0.4) is 0 Å². The Balaban J connectivity index is 3.26. The molecule has 0 bridgehead atoms. The second kappa shape index (κ2) is 3.67. The fourth-order valence-corrected chi connectivity index (χ4v) is 1.15. The minimum atomic E-state index is 0.493. The van der Waals surface area contributed by atoms with E-state index >= 15 is 0 Å². The van der Waals surface area contributed by atoms with E-state index in [0.717, 1.165) is 0 Å². The largest absolute Gasteiger partial charge is 0.240 e. The number of halogens is 2. The summed E-state index contributed by atoms with van der Waals surface area (Å²) in [5.41, 5.74) is 0.493. The van der Waals surface area contributed by atoms with Gasteiger partial charge < -0.3 is 0 Å². The van der Waals surface area contributed by atoms with E-state index in [1.807, 2.05) is 0 Å². The quantitative estimate of drug-likeness (QED) is 0.540. The van der Waals surface area contributed by atoms with Crippen LogP contribution in [0.1, 0.15) is 0 Å². The van der Waals surface area contributed by atoms with E-state index in [2.05, 4.69) is 20.9 Å². The van der Waals surface area contributed by atoms with Crippen molar-refractivity contribution in [2.24, 2.45) is 4.99 Å². The van der Waals surface area contributed by atoms with Gasteiger partial charge in [-0.1, -0.05) is 17.7 Å². The Morgan fingerprint density at radius 2 is 2.27 bits per heavy atom. The zero-order valence-corrected chi connectivity index (χ0v) is 7.69. The van der Waals surface area contributed by atoms with Crippen molar-refractivity contribution < 1.29 is 4.79 Å². The zero-order chi connectivity index (χ0) is 8.27. The molecule has 0 aliphatic rings. The summed E-state index contributed by atoms with van der Waals surface area (Å²) in [5.74, 6) is 0. The number of hydrogen-bond acceptors (Lipinski definition) is 2. The van der Waals surface area contributed by atoms with Crippen LogP contribution in [0.5, 0.6) is 0 Å². The van der Waals surface area contributed by atoms with Crippen LogP contribution in [0.4, 0.5) is 5.69 Å². The van der Waals surface area contributed by atoms with E-state index in [4.69, 9.17) is 11.6 Å². The lowest BCUT2D eigenvalue weighted by molar-refractivity contribution is 0.565. The molecule has 0 saturated carbocycles. The molecule has 0 amide bonds. The van der Waals surface area contributed by atoms with E-state index < -0.39 is 0 Å². The molecule has 56 valence electrons. The molecule has 11 heavy (non-hydrogen) atoms. The zero-order valence-electron chi connectivity index (χ0n) is 5.34. The van der Waals surface area contributed by atoms with Gasteiger partial charge in [-0.05, 0) is 28.1 Å². The molecule has 0 unspecified atom stereocenters. The highest BCUT2D eigenvalue weighted by molar-refractivity contribution is 9.10. The number of hydrogen-bond donors (Lipinski definition) is 0. The van der Waals surface area contributed by atoms with Gasteiger partial charge in [-0.2, -0.15) is 4.99 Å². The Morgan fingerprint density at radius 3 is 2.91 bits per heavy atom. The van der Waals surface area contributed by atoms with E-state index in [9.17, 15) is 4.79 Å². The summed E-state index contributed by atoms with van der Waals surface area (Å²) in [6, 6.07) is 5.08. The predicted molar refractivity (Wildman–Crippen MR) is 46.9 cm³/mol. The molecule has 0 fully saturated rings. The molecule has 0 heterocycles. The van der Waals surface area contributed by atoms with E-state index in [-0.39, 0.29) is 0 Å². The van der Waals surface area contributed by atoms with Crippen LogP contribution in [-0.2, 0) is 4.79 Å². The Hall–Kier alpha value is -0.630. The minimum absolute atomic E-state index is 0.493. The van der Waals surface area contributed by atoms with Crippen molar-refractivity contribution in [2.75, 3.05) is 0 Å². The van der Waals surface area contributed by atoms with Crippen LogP contribution >= 0.6 is 27.5 Å². The standard InChI is InChI=1S/C7H3BrClNO/c8-7-5(9)2-1-3-6(7)10-4-11/h1-3H. The van der Waals surface area contributed by atoms with Crippen LogP contribution in [0, 0.1) is 0 Å². The number of carbonyl (C=O) groups excluding carboxylic acids is 1. The maximum absolute atomic E-state index is 9.88. The Morgan fingerprint density at radius 1 is 1.55 bits per heavy atom. The topological polar surface area (TPSA) is 29.4 Å². The van der Waals surface area contributed by atoms with Crippen LogP contribution in [0.15, 0.2) is 27.7 Å². The van der Waals surface area contributed by atoms with Gasteiger partial charge in [-0.3, -0.25) is 0 Å². The summed E-state index contributed by atoms with van der Waals surface area (Å²) in [4.78, 5) is 13.3. The van der Waals surface area contributed by atoms with E-state index in [1.165, 1.54) is 6.08 Å². The van der Waals surface area contributed by atoms with Gasteiger partial charge in [0.15, 0.2) is 0 Å². The summed E-state index contributed by atoms with van der Waals surface area (Å²) in [6.45, 7) is 0. The van der Waals surface area contributed by atoms with E-state index in [1.54, 1.807) is 18.2 Å². The highest BCUT2D eigenvalue weighted by atomic mass is 79.9. The fraction of sp³-hybridized carbons (Fsp3) is 0. The molecule has 0 saturated heterocycles. The maximum Gasteiger partial charge on any atom is 0.240 e. The molecule has 0 N–H and O–H groups in total. The predicted octanol–water partition coefficient (Wildman–Crippen LogP) is 3.07. The van der Waals surface area contributed by atoms with Crippen molar-refractivity contribution in [3.05, 3.63) is 27.7 Å².